The second-order valence-corrected chi connectivity index (χ2v) is 7.38. The van der Waals surface area contributed by atoms with Crippen molar-refractivity contribution in [2.75, 3.05) is 13.2 Å². The van der Waals surface area contributed by atoms with Crippen molar-refractivity contribution in [2.45, 2.75) is 13.0 Å². The molecule has 1 aliphatic heterocycles. The molecule has 1 amide bonds. The number of aliphatic hydroxyl groups is 1. The molecule has 0 saturated heterocycles. The Morgan fingerprint density at radius 3 is 2.86 bits per heavy atom. The highest BCUT2D eigenvalue weighted by Crippen LogP contribution is 2.48. The number of carbonyl (C=O) groups is 1. The smallest absolute Gasteiger partial charge is 0.252 e. The molecule has 0 spiro atoms. The van der Waals surface area contributed by atoms with E-state index in [9.17, 15) is 4.79 Å². The van der Waals surface area contributed by atoms with E-state index in [1.165, 1.54) is 5.56 Å². The fourth-order valence-electron chi connectivity index (χ4n) is 4.80. The number of benzene rings is 3. The molecule has 3 aromatic carbocycles. The number of aromatic nitrogens is 1. The lowest BCUT2D eigenvalue weighted by Crippen LogP contribution is -2.13. The van der Waals surface area contributed by atoms with Crippen LogP contribution in [0.25, 0.3) is 32.9 Å². The summed E-state index contributed by atoms with van der Waals surface area (Å²) < 4.78 is 5.59. The molecular formula is C23H18N2O3. The van der Waals surface area contributed by atoms with Crippen LogP contribution in [0.2, 0.25) is 0 Å². The average Bonchev–Trinajstić information content (AvgIpc) is 3.38. The van der Waals surface area contributed by atoms with Crippen LogP contribution in [0, 0.1) is 0 Å². The molecule has 0 fully saturated rings. The predicted octanol–water partition coefficient (Wildman–Crippen LogP) is 3.51. The Kier molecular flexibility index (Phi) is 3.14. The molecule has 1 aliphatic carbocycles. The first kappa shape index (κ1) is 15.7. The van der Waals surface area contributed by atoms with Crippen molar-refractivity contribution < 1.29 is 14.6 Å². The van der Waals surface area contributed by atoms with Gasteiger partial charge in [0.15, 0.2) is 0 Å². The third-order valence-corrected chi connectivity index (χ3v) is 5.89. The van der Waals surface area contributed by atoms with Crippen molar-refractivity contribution in [1.29, 1.82) is 0 Å². The normalized spacial score (nSPS) is 14.2. The summed E-state index contributed by atoms with van der Waals surface area (Å²) in [6.45, 7) is 0.823. The number of ether oxygens (including phenoxy) is 1. The molecule has 0 unspecified atom stereocenters. The van der Waals surface area contributed by atoms with E-state index in [4.69, 9.17) is 9.84 Å². The minimum absolute atomic E-state index is 0.00638. The number of hydrogen-bond acceptors (Lipinski definition) is 3. The Morgan fingerprint density at radius 2 is 1.96 bits per heavy atom. The molecule has 1 aromatic heterocycles. The largest absolute Gasteiger partial charge is 0.491 e. The summed E-state index contributed by atoms with van der Waals surface area (Å²) in [5, 5.41) is 14.4. The summed E-state index contributed by atoms with van der Waals surface area (Å²) in [5.74, 6) is 0.751. The van der Waals surface area contributed by atoms with E-state index in [0.29, 0.717) is 6.54 Å². The van der Waals surface area contributed by atoms with Gasteiger partial charge >= 0.3 is 0 Å². The number of H-pyrrole nitrogens is 1. The highest BCUT2D eigenvalue weighted by atomic mass is 16.5. The molecule has 6 rings (SSSR count). The van der Waals surface area contributed by atoms with Crippen LogP contribution in [0.5, 0.6) is 5.75 Å². The van der Waals surface area contributed by atoms with Gasteiger partial charge in [-0.2, -0.15) is 0 Å². The van der Waals surface area contributed by atoms with Crippen molar-refractivity contribution in [3.63, 3.8) is 0 Å². The highest BCUT2D eigenvalue weighted by molar-refractivity contribution is 6.19. The van der Waals surface area contributed by atoms with Crippen LogP contribution in [0.1, 0.15) is 27.0 Å². The maximum absolute atomic E-state index is 12.8. The van der Waals surface area contributed by atoms with Gasteiger partial charge in [0.05, 0.1) is 17.7 Å². The molecule has 0 radical (unpaired) electrons. The van der Waals surface area contributed by atoms with E-state index in [0.717, 1.165) is 61.8 Å². The van der Waals surface area contributed by atoms with Gasteiger partial charge in [-0.3, -0.25) is 4.79 Å². The van der Waals surface area contributed by atoms with E-state index in [1.807, 2.05) is 30.3 Å². The Hall–Kier alpha value is -3.31. The third-order valence-electron chi connectivity index (χ3n) is 5.89. The molecule has 0 bridgehead atoms. The number of rotatable bonds is 3. The van der Waals surface area contributed by atoms with Crippen molar-refractivity contribution in [3.05, 3.63) is 64.7 Å². The van der Waals surface area contributed by atoms with Gasteiger partial charge in [0, 0.05) is 34.8 Å². The van der Waals surface area contributed by atoms with Crippen molar-refractivity contribution >= 4 is 27.7 Å². The Labute approximate surface area is 160 Å². The topological polar surface area (TPSA) is 74.4 Å². The molecule has 28 heavy (non-hydrogen) atoms. The minimum atomic E-state index is -0.0132. The Bertz CT molecular complexity index is 1300. The van der Waals surface area contributed by atoms with E-state index < -0.39 is 0 Å². The molecule has 5 heteroatoms. The van der Waals surface area contributed by atoms with Crippen LogP contribution < -0.4 is 10.1 Å². The number of aliphatic hydroxyl groups excluding tert-OH is 1. The van der Waals surface area contributed by atoms with E-state index >= 15 is 0 Å². The van der Waals surface area contributed by atoms with Crippen LogP contribution in [-0.2, 0) is 13.0 Å². The summed E-state index contributed by atoms with van der Waals surface area (Å²) in [7, 11) is 0. The molecule has 2 aliphatic rings. The number of hydrogen-bond donors (Lipinski definition) is 3. The van der Waals surface area contributed by atoms with Crippen LogP contribution >= 0.6 is 0 Å². The molecule has 0 saturated carbocycles. The standard InChI is InChI=1S/C23H18N2O3/c26-7-8-28-13-5-6-14-12(9-13)10-16-19(14)21-17(11-24-23(21)27)20-15-3-1-2-4-18(15)25-22(16)20/h1-6,9,25-26H,7-8,10-11H2,(H,24,27). The fourth-order valence-corrected chi connectivity index (χ4v) is 4.80. The maximum Gasteiger partial charge on any atom is 0.252 e. The summed E-state index contributed by atoms with van der Waals surface area (Å²) in [6, 6.07) is 14.2. The predicted molar refractivity (Wildman–Crippen MR) is 108 cm³/mol. The second kappa shape index (κ2) is 5.59. The van der Waals surface area contributed by atoms with E-state index in [2.05, 4.69) is 22.4 Å². The molecule has 138 valence electrons. The number of para-hydroxylation sites is 1. The lowest BCUT2D eigenvalue weighted by Gasteiger charge is -2.10. The van der Waals surface area contributed by atoms with Gasteiger partial charge < -0.3 is 20.1 Å². The summed E-state index contributed by atoms with van der Waals surface area (Å²) >= 11 is 0. The third kappa shape index (κ3) is 1.97. The van der Waals surface area contributed by atoms with Crippen molar-refractivity contribution in [2.24, 2.45) is 0 Å². The first-order chi connectivity index (χ1) is 13.8. The zero-order valence-corrected chi connectivity index (χ0v) is 15.1. The van der Waals surface area contributed by atoms with Crippen LogP contribution in [-0.4, -0.2) is 29.2 Å². The van der Waals surface area contributed by atoms with Gasteiger partial charge in [-0.1, -0.05) is 24.3 Å². The minimum Gasteiger partial charge on any atom is -0.491 e. The van der Waals surface area contributed by atoms with E-state index in [1.54, 1.807) is 0 Å². The average molecular weight is 370 g/mol. The number of amides is 1. The van der Waals surface area contributed by atoms with Gasteiger partial charge in [0.2, 0.25) is 0 Å². The summed E-state index contributed by atoms with van der Waals surface area (Å²) in [6.07, 6.45) is 0.755. The van der Waals surface area contributed by atoms with Gasteiger partial charge in [-0.25, -0.2) is 0 Å². The second-order valence-electron chi connectivity index (χ2n) is 7.38. The van der Waals surface area contributed by atoms with Gasteiger partial charge in [-0.15, -0.1) is 0 Å². The van der Waals surface area contributed by atoms with Gasteiger partial charge in [-0.05, 0) is 40.5 Å². The van der Waals surface area contributed by atoms with Crippen molar-refractivity contribution in [3.8, 4) is 16.9 Å². The first-order valence-electron chi connectivity index (χ1n) is 9.49. The van der Waals surface area contributed by atoms with Crippen LogP contribution in [0.4, 0.5) is 0 Å². The highest BCUT2D eigenvalue weighted by Gasteiger charge is 2.34. The number of carbonyl (C=O) groups excluding carboxylic acids is 1. The number of aromatic amines is 1. The van der Waals surface area contributed by atoms with Crippen LogP contribution in [0.3, 0.4) is 0 Å². The molecule has 4 aromatic rings. The molecule has 0 atom stereocenters. The summed E-state index contributed by atoms with van der Waals surface area (Å²) in [5.41, 5.74) is 8.60. The zero-order valence-electron chi connectivity index (χ0n) is 15.1. The maximum atomic E-state index is 12.8. The molecule has 2 heterocycles. The lowest BCUT2D eigenvalue weighted by molar-refractivity contribution is 0.0966. The lowest BCUT2D eigenvalue weighted by atomic mass is 9.92. The number of fused-ring (bicyclic) bond motifs is 10. The van der Waals surface area contributed by atoms with E-state index in [-0.39, 0.29) is 19.1 Å². The monoisotopic (exact) mass is 370 g/mol. The summed E-state index contributed by atoms with van der Waals surface area (Å²) in [4.78, 5) is 16.4. The molecule has 3 N–H and O–H groups in total. The Morgan fingerprint density at radius 1 is 1.07 bits per heavy atom. The molecular weight excluding hydrogens is 352 g/mol. The SMILES string of the molecule is O=C1NCc2c1c1c(c3[nH]c4ccccc4c23)Cc2cc(OCCO)ccc2-1. The van der Waals surface area contributed by atoms with Crippen LogP contribution in [0.15, 0.2) is 42.5 Å². The van der Waals surface area contributed by atoms with Gasteiger partial charge in [0.25, 0.3) is 5.91 Å². The fraction of sp³-hybridized carbons (Fsp3) is 0.174. The van der Waals surface area contributed by atoms with Gasteiger partial charge in [0.1, 0.15) is 12.4 Å². The quantitative estimate of drug-likeness (QED) is 0.455. The molecule has 5 nitrogen and oxygen atoms in total. The number of nitrogens with one attached hydrogen (secondary N) is 2. The first-order valence-corrected chi connectivity index (χ1v) is 9.49. The Balaban J connectivity index is 1.66. The van der Waals surface area contributed by atoms with Crippen molar-refractivity contribution in [1.82, 2.24) is 10.3 Å². The zero-order chi connectivity index (χ0) is 18.8.